The van der Waals surface area contributed by atoms with Gasteiger partial charge < -0.3 is 10.5 Å². The van der Waals surface area contributed by atoms with Crippen LogP contribution in [0.5, 0.6) is 5.75 Å². The first kappa shape index (κ1) is 13.3. The fraction of sp³-hybridized carbons (Fsp3) is 0.357. The number of hydrogen-bond donors (Lipinski definition) is 2. The van der Waals surface area contributed by atoms with Crippen molar-refractivity contribution in [3.63, 3.8) is 0 Å². The van der Waals surface area contributed by atoms with Gasteiger partial charge in [-0.05, 0) is 12.1 Å². The Hall–Kier alpha value is -2.17. The Bertz CT molecular complexity index is 647. The number of benzene rings is 1. The number of aromatic nitrogens is 2. The molecule has 5 heteroatoms. The molecule has 0 saturated heterocycles. The molecule has 0 aliphatic rings. The van der Waals surface area contributed by atoms with Crippen molar-refractivity contribution in [2.75, 3.05) is 12.8 Å². The molecule has 3 N–H and O–H groups in total. The molecule has 0 aliphatic carbocycles. The number of aromatic amines is 1. The molecule has 1 aromatic carbocycles. The lowest BCUT2D eigenvalue weighted by molar-refractivity contribution is 0.414. The number of methoxy groups -OCH3 is 1. The van der Waals surface area contributed by atoms with Crippen LogP contribution in [0.15, 0.2) is 29.1 Å². The molecule has 2 aromatic rings. The maximum Gasteiger partial charge on any atom is 0.294 e. The summed E-state index contributed by atoms with van der Waals surface area (Å²) in [5.41, 5.74) is 7.15. The molecule has 0 fully saturated rings. The minimum absolute atomic E-state index is 0.215. The number of nitrogens with zero attached hydrogens (tertiary/aromatic N) is 1. The summed E-state index contributed by atoms with van der Waals surface area (Å²) in [6, 6.07) is 7.26. The van der Waals surface area contributed by atoms with Gasteiger partial charge in [0.1, 0.15) is 11.4 Å². The van der Waals surface area contributed by atoms with Crippen molar-refractivity contribution in [2.24, 2.45) is 0 Å². The SMILES string of the molecule is COc1cccc(-n2[nH]c(C(C)(C)C)c(N)c2=O)c1. The molecule has 1 aromatic heterocycles. The first-order chi connectivity index (χ1) is 8.84. The Balaban J connectivity index is 2.61. The summed E-state index contributed by atoms with van der Waals surface area (Å²) in [7, 11) is 1.59. The van der Waals surface area contributed by atoms with Crippen molar-refractivity contribution < 1.29 is 4.74 Å². The average molecular weight is 261 g/mol. The van der Waals surface area contributed by atoms with Gasteiger partial charge in [-0.25, -0.2) is 4.68 Å². The molecule has 0 spiro atoms. The van der Waals surface area contributed by atoms with Gasteiger partial charge in [0.05, 0.1) is 18.5 Å². The number of H-pyrrole nitrogens is 1. The van der Waals surface area contributed by atoms with Crippen molar-refractivity contribution in [1.29, 1.82) is 0 Å². The molecule has 1 heterocycles. The van der Waals surface area contributed by atoms with Gasteiger partial charge in [-0.3, -0.25) is 9.89 Å². The number of nitrogen functional groups attached to an aromatic ring is 1. The minimum atomic E-state index is -0.238. The van der Waals surface area contributed by atoms with Crippen molar-refractivity contribution in [3.05, 3.63) is 40.3 Å². The first-order valence-electron chi connectivity index (χ1n) is 6.10. The van der Waals surface area contributed by atoms with E-state index in [9.17, 15) is 4.79 Å². The Kier molecular flexibility index (Phi) is 3.14. The largest absolute Gasteiger partial charge is 0.497 e. The van der Waals surface area contributed by atoms with Crippen LogP contribution < -0.4 is 16.0 Å². The molecule has 0 bridgehead atoms. The second kappa shape index (κ2) is 4.50. The van der Waals surface area contributed by atoms with E-state index in [4.69, 9.17) is 10.5 Å². The third kappa shape index (κ3) is 2.36. The fourth-order valence-corrected chi connectivity index (χ4v) is 1.95. The lowest BCUT2D eigenvalue weighted by atomic mass is 9.91. The Morgan fingerprint density at radius 3 is 2.53 bits per heavy atom. The van der Waals surface area contributed by atoms with E-state index in [1.54, 1.807) is 13.2 Å². The van der Waals surface area contributed by atoms with Crippen LogP contribution in [0.4, 0.5) is 5.69 Å². The molecule has 0 aliphatic heterocycles. The minimum Gasteiger partial charge on any atom is -0.497 e. The molecular weight excluding hydrogens is 242 g/mol. The first-order valence-corrected chi connectivity index (χ1v) is 6.10. The number of hydrogen-bond acceptors (Lipinski definition) is 3. The Morgan fingerprint density at radius 1 is 1.32 bits per heavy atom. The summed E-state index contributed by atoms with van der Waals surface area (Å²) < 4.78 is 6.60. The molecule has 102 valence electrons. The quantitative estimate of drug-likeness (QED) is 0.869. The van der Waals surface area contributed by atoms with Gasteiger partial charge in [-0.15, -0.1) is 0 Å². The van der Waals surface area contributed by atoms with E-state index >= 15 is 0 Å². The fourth-order valence-electron chi connectivity index (χ4n) is 1.95. The van der Waals surface area contributed by atoms with Crippen molar-refractivity contribution in [2.45, 2.75) is 26.2 Å². The van der Waals surface area contributed by atoms with Crippen LogP contribution in [0, 0.1) is 0 Å². The van der Waals surface area contributed by atoms with Crippen LogP contribution in [0.25, 0.3) is 5.69 Å². The van der Waals surface area contributed by atoms with Gasteiger partial charge in [-0.1, -0.05) is 26.8 Å². The van der Waals surface area contributed by atoms with Crippen LogP contribution >= 0.6 is 0 Å². The molecule has 0 amide bonds. The Morgan fingerprint density at radius 2 is 2.00 bits per heavy atom. The third-order valence-electron chi connectivity index (χ3n) is 2.99. The van der Waals surface area contributed by atoms with E-state index in [0.29, 0.717) is 11.4 Å². The summed E-state index contributed by atoms with van der Waals surface area (Å²) in [6.45, 7) is 6.01. The number of ether oxygens (including phenoxy) is 1. The van der Waals surface area contributed by atoms with Crippen LogP contribution in [-0.4, -0.2) is 16.9 Å². The summed E-state index contributed by atoms with van der Waals surface area (Å²) in [6.07, 6.45) is 0. The highest BCUT2D eigenvalue weighted by Gasteiger charge is 2.23. The zero-order chi connectivity index (χ0) is 14.2. The molecule has 0 atom stereocenters. The standard InChI is InChI=1S/C14H19N3O2/c1-14(2,3)12-11(15)13(18)17(16-12)9-6-5-7-10(8-9)19-4/h5-8,16H,15H2,1-4H3. The number of nitrogens with one attached hydrogen (secondary N) is 1. The van der Waals surface area contributed by atoms with E-state index in [-0.39, 0.29) is 16.7 Å². The van der Waals surface area contributed by atoms with E-state index in [2.05, 4.69) is 5.10 Å². The molecule has 0 unspecified atom stereocenters. The van der Waals surface area contributed by atoms with E-state index in [1.807, 2.05) is 39.0 Å². The normalized spacial score (nSPS) is 11.6. The summed E-state index contributed by atoms with van der Waals surface area (Å²) in [4.78, 5) is 12.2. The summed E-state index contributed by atoms with van der Waals surface area (Å²) in [5.74, 6) is 0.690. The highest BCUT2D eigenvalue weighted by atomic mass is 16.5. The lowest BCUT2D eigenvalue weighted by Crippen LogP contribution is -2.17. The second-order valence-corrected chi connectivity index (χ2v) is 5.49. The van der Waals surface area contributed by atoms with E-state index in [1.165, 1.54) is 4.68 Å². The number of nitrogens with two attached hydrogens (primary N) is 1. The van der Waals surface area contributed by atoms with Gasteiger partial charge in [0, 0.05) is 11.5 Å². The molecule has 2 rings (SSSR count). The zero-order valence-electron chi connectivity index (χ0n) is 11.7. The average Bonchev–Trinajstić information content (AvgIpc) is 2.66. The summed E-state index contributed by atoms with van der Waals surface area (Å²) in [5, 5.41) is 3.08. The predicted octanol–water partition coefficient (Wildman–Crippen LogP) is 2.05. The highest BCUT2D eigenvalue weighted by Crippen LogP contribution is 2.24. The summed E-state index contributed by atoms with van der Waals surface area (Å²) >= 11 is 0. The molecule has 0 saturated carbocycles. The van der Waals surface area contributed by atoms with Crippen molar-refractivity contribution >= 4 is 5.69 Å². The van der Waals surface area contributed by atoms with E-state index in [0.717, 1.165) is 5.69 Å². The van der Waals surface area contributed by atoms with Gasteiger partial charge in [0.25, 0.3) is 5.56 Å². The molecule has 5 nitrogen and oxygen atoms in total. The van der Waals surface area contributed by atoms with Crippen LogP contribution in [0.2, 0.25) is 0 Å². The lowest BCUT2D eigenvalue weighted by Gasteiger charge is -2.16. The van der Waals surface area contributed by atoms with Gasteiger partial charge in [0.2, 0.25) is 0 Å². The highest BCUT2D eigenvalue weighted by molar-refractivity contribution is 5.48. The van der Waals surface area contributed by atoms with Crippen LogP contribution in [-0.2, 0) is 5.41 Å². The Labute approximate surface area is 112 Å². The van der Waals surface area contributed by atoms with Gasteiger partial charge in [-0.2, -0.15) is 0 Å². The maximum absolute atomic E-state index is 12.2. The van der Waals surface area contributed by atoms with Gasteiger partial charge in [0.15, 0.2) is 0 Å². The van der Waals surface area contributed by atoms with Crippen LogP contribution in [0.1, 0.15) is 26.5 Å². The molecular formula is C14H19N3O2. The maximum atomic E-state index is 12.2. The second-order valence-electron chi connectivity index (χ2n) is 5.49. The third-order valence-corrected chi connectivity index (χ3v) is 2.99. The molecule has 19 heavy (non-hydrogen) atoms. The van der Waals surface area contributed by atoms with Crippen LogP contribution in [0.3, 0.4) is 0 Å². The van der Waals surface area contributed by atoms with E-state index < -0.39 is 0 Å². The molecule has 0 radical (unpaired) electrons. The predicted molar refractivity (Wildman–Crippen MR) is 76.1 cm³/mol. The van der Waals surface area contributed by atoms with Gasteiger partial charge >= 0.3 is 0 Å². The van der Waals surface area contributed by atoms with Crippen molar-refractivity contribution in [1.82, 2.24) is 9.78 Å². The zero-order valence-corrected chi connectivity index (χ0v) is 11.7. The van der Waals surface area contributed by atoms with Crippen molar-refractivity contribution in [3.8, 4) is 11.4 Å². The number of anilines is 1. The monoisotopic (exact) mass is 261 g/mol. The topological polar surface area (TPSA) is 73.0 Å². The smallest absolute Gasteiger partial charge is 0.294 e. The number of rotatable bonds is 2.